The SMILES string of the molecule is OCc1ccc(C(c2cc3ccccc3[nH]2)c2cc3ccccc3[nH]2)cc1Oc1nc(Nc2ccccc2)nc(Nc2ccccc2)n1. The summed E-state index contributed by atoms with van der Waals surface area (Å²) in [6, 6.07) is 46.1. The molecular weight excluding hydrogens is 598 g/mol. The first-order valence-corrected chi connectivity index (χ1v) is 15.7. The van der Waals surface area contributed by atoms with Crippen molar-refractivity contribution in [1.82, 2.24) is 24.9 Å². The highest BCUT2D eigenvalue weighted by molar-refractivity contribution is 5.83. The molecule has 9 heteroatoms. The van der Waals surface area contributed by atoms with Crippen molar-refractivity contribution < 1.29 is 9.84 Å². The van der Waals surface area contributed by atoms with Gasteiger partial charge in [0.15, 0.2) is 0 Å². The van der Waals surface area contributed by atoms with Gasteiger partial charge in [0.05, 0.1) is 12.5 Å². The molecule has 0 atom stereocenters. The van der Waals surface area contributed by atoms with E-state index in [4.69, 9.17) is 4.74 Å². The highest BCUT2D eigenvalue weighted by Crippen LogP contribution is 2.38. The van der Waals surface area contributed by atoms with E-state index < -0.39 is 0 Å². The third-order valence-electron chi connectivity index (χ3n) is 8.19. The van der Waals surface area contributed by atoms with Crippen LogP contribution in [0.15, 0.2) is 140 Å². The van der Waals surface area contributed by atoms with Crippen LogP contribution >= 0.6 is 0 Å². The minimum absolute atomic E-state index is 0.0708. The monoisotopic (exact) mass is 629 g/mol. The number of H-pyrrole nitrogens is 2. The number of aromatic amines is 2. The van der Waals surface area contributed by atoms with Crippen LogP contribution in [0.2, 0.25) is 0 Å². The zero-order valence-electron chi connectivity index (χ0n) is 25.8. The molecule has 0 aliphatic carbocycles. The van der Waals surface area contributed by atoms with E-state index in [1.165, 1.54) is 0 Å². The Morgan fingerprint density at radius 2 is 1.10 bits per heavy atom. The standard InChI is InChI=1S/C39H31N7O2/c47-24-28-20-19-27(36(33-21-25-11-7-9-17-31(25)42-33)34-22-26-12-8-10-18-32(26)43-34)23-35(28)48-39-45-37(40-29-13-3-1-4-14-29)44-38(46-39)41-30-15-5-2-6-16-30/h1-23,36,42-43,47H,24H2,(H2,40,41,44,45,46). The highest BCUT2D eigenvalue weighted by Gasteiger charge is 2.23. The number of nitrogens with zero attached hydrogens (tertiary/aromatic N) is 3. The number of hydrogen-bond acceptors (Lipinski definition) is 7. The highest BCUT2D eigenvalue weighted by atomic mass is 16.5. The van der Waals surface area contributed by atoms with Crippen molar-refractivity contribution in [2.45, 2.75) is 12.5 Å². The number of hydrogen-bond donors (Lipinski definition) is 5. The van der Waals surface area contributed by atoms with Crippen molar-refractivity contribution in [2.24, 2.45) is 0 Å². The minimum Gasteiger partial charge on any atom is -0.424 e. The molecule has 0 amide bonds. The van der Waals surface area contributed by atoms with E-state index in [-0.39, 0.29) is 18.5 Å². The van der Waals surface area contributed by atoms with E-state index in [0.29, 0.717) is 23.2 Å². The summed E-state index contributed by atoms with van der Waals surface area (Å²) in [6.07, 6.45) is 0. The summed E-state index contributed by atoms with van der Waals surface area (Å²) in [5.74, 6) is 0.860. The summed E-state index contributed by atoms with van der Waals surface area (Å²) >= 11 is 0. The smallest absolute Gasteiger partial charge is 0.328 e. The Morgan fingerprint density at radius 1 is 0.583 bits per heavy atom. The Kier molecular flexibility index (Phi) is 7.70. The van der Waals surface area contributed by atoms with Crippen LogP contribution in [0.5, 0.6) is 11.8 Å². The molecule has 0 bridgehead atoms. The Hall–Kier alpha value is -6.45. The molecular formula is C39H31N7O2. The molecule has 0 fully saturated rings. The lowest BCUT2D eigenvalue weighted by atomic mass is 9.91. The summed E-state index contributed by atoms with van der Waals surface area (Å²) in [6.45, 7) is -0.228. The maximum absolute atomic E-state index is 10.4. The van der Waals surface area contributed by atoms with Crippen molar-refractivity contribution in [3.8, 4) is 11.8 Å². The lowest BCUT2D eigenvalue weighted by Crippen LogP contribution is -2.07. The maximum Gasteiger partial charge on any atom is 0.328 e. The van der Waals surface area contributed by atoms with E-state index in [1.807, 2.05) is 103 Å². The molecule has 0 spiro atoms. The number of nitrogens with one attached hydrogen (secondary N) is 4. The lowest BCUT2D eigenvalue weighted by Gasteiger charge is -2.18. The van der Waals surface area contributed by atoms with Gasteiger partial charge in [0, 0.05) is 39.4 Å². The van der Waals surface area contributed by atoms with Crippen molar-refractivity contribution >= 4 is 45.1 Å². The molecule has 48 heavy (non-hydrogen) atoms. The number of aliphatic hydroxyl groups is 1. The average molecular weight is 630 g/mol. The topological polar surface area (TPSA) is 124 Å². The Labute approximate surface area is 276 Å². The molecule has 5 aromatic carbocycles. The summed E-state index contributed by atoms with van der Waals surface area (Å²) in [4.78, 5) is 21.1. The maximum atomic E-state index is 10.4. The number of rotatable bonds is 10. The molecule has 0 saturated carbocycles. The van der Waals surface area contributed by atoms with Gasteiger partial charge in [0.25, 0.3) is 0 Å². The van der Waals surface area contributed by atoms with Gasteiger partial charge in [-0.05, 0) is 70.9 Å². The number of aliphatic hydroxyl groups excluding tert-OH is 1. The van der Waals surface area contributed by atoms with E-state index in [0.717, 1.165) is 50.1 Å². The van der Waals surface area contributed by atoms with Crippen LogP contribution in [0, 0.1) is 0 Å². The second kappa shape index (κ2) is 12.7. The number of fused-ring (bicyclic) bond motifs is 2. The molecule has 8 aromatic rings. The average Bonchev–Trinajstić information content (AvgIpc) is 3.74. The third kappa shape index (κ3) is 6.05. The van der Waals surface area contributed by atoms with Crippen LogP contribution in [0.1, 0.15) is 28.4 Å². The molecule has 5 N–H and O–H groups in total. The normalized spacial score (nSPS) is 11.3. The van der Waals surface area contributed by atoms with Crippen molar-refractivity contribution in [3.63, 3.8) is 0 Å². The molecule has 8 rings (SSSR count). The first-order chi connectivity index (χ1) is 23.7. The number of para-hydroxylation sites is 4. The van der Waals surface area contributed by atoms with Gasteiger partial charge >= 0.3 is 6.01 Å². The van der Waals surface area contributed by atoms with Gasteiger partial charge in [-0.3, -0.25) is 0 Å². The van der Waals surface area contributed by atoms with E-state index >= 15 is 0 Å². The Morgan fingerprint density at radius 3 is 1.62 bits per heavy atom. The fourth-order valence-electron chi connectivity index (χ4n) is 5.92. The van der Waals surface area contributed by atoms with Gasteiger partial charge in [-0.25, -0.2) is 0 Å². The first kappa shape index (κ1) is 29.0. The molecule has 234 valence electrons. The van der Waals surface area contributed by atoms with Crippen molar-refractivity contribution in [2.75, 3.05) is 10.6 Å². The van der Waals surface area contributed by atoms with Gasteiger partial charge in [-0.15, -0.1) is 0 Å². The largest absolute Gasteiger partial charge is 0.424 e. The number of aromatic nitrogens is 5. The quantitative estimate of drug-likeness (QED) is 0.102. The predicted octanol–water partition coefficient (Wildman–Crippen LogP) is 8.79. The van der Waals surface area contributed by atoms with Crippen molar-refractivity contribution in [3.05, 3.63) is 162 Å². The van der Waals surface area contributed by atoms with Gasteiger partial charge in [-0.2, -0.15) is 15.0 Å². The van der Waals surface area contributed by atoms with Crippen LogP contribution in [0.25, 0.3) is 21.8 Å². The van der Waals surface area contributed by atoms with Crippen molar-refractivity contribution in [1.29, 1.82) is 0 Å². The minimum atomic E-state index is -0.228. The van der Waals surface area contributed by atoms with E-state index in [2.05, 4.69) is 72.0 Å². The first-order valence-electron chi connectivity index (χ1n) is 15.7. The molecule has 0 unspecified atom stereocenters. The number of anilines is 4. The predicted molar refractivity (Wildman–Crippen MR) is 189 cm³/mol. The van der Waals surface area contributed by atoms with Gasteiger partial charge < -0.3 is 30.4 Å². The molecule has 0 radical (unpaired) electrons. The Balaban J connectivity index is 1.21. The van der Waals surface area contributed by atoms with Crippen LogP contribution in [0.4, 0.5) is 23.3 Å². The van der Waals surface area contributed by atoms with E-state index in [9.17, 15) is 5.11 Å². The molecule has 0 aliphatic heterocycles. The molecule has 0 aliphatic rings. The second-order valence-electron chi connectivity index (χ2n) is 11.4. The summed E-state index contributed by atoms with van der Waals surface area (Å²) < 4.78 is 6.41. The number of ether oxygens (including phenoxy) is 1. The third-order valence-corrected chi connectivity index (χ3v) is 8.19. The van der Waals surface area contributed by atoms with Gasteiger partial charge in [-0.1, -0.05) is 84.9 Å². The van der Waals surface area contributed by atoms with Crippen LogP contribution in [-0.2, 0) is 6.61 Å². The fourth-order valence-corrected chi connectivity index (χ4v) is 5.92. The fraction of sp³-hybridized carbons (Fsp3) is 0.0513. The molecule has 3 aromatic heterocycles. The van der Waals surface area contributed by atoms with Crippen LogP contribution in [-0.4, -0.2) is 30.0 Å². The summed E-state index contributed by atoms with van der Waals surface area (Å²) in [7, 11) is 0. The number of benzene rings is 5. The zero-order valence-corrected chi connectivity index (χ0v) is 25.8. The van der Waals surface area contributed by atoms with Crippen LogP contribution in [0.3, 0.4) is 0 Å². The summed E-state index contributed by atoms with van der Waals surface area (Å²) in [5.41, 5.74) is 7.35. The zero-order chi connectivity index (χ0) is 32.3. The molecule has 3 heterocycles. The van der Waals surface area contributed by atoms with E-state index in [1.54, 1.807) is 0 Å². The van der Waals surface area contributed by atoms with Crippen LogP contribution < -0.4 is 15.4 Å². The molecule has 0 saturated heterocycles. The van der Waals surface area contributed by atoms with Gasteiger partial charge in [0.2, 0.25) is 11.9 Å². The Bertz CT molecular complexity index is 2130. The molecule has 9 nitrogen and oxygen atoms in total. The van der Waals surface area contributed by atoms with Gasteiger partial charge in [0.1, 0.15) is 5.75 Å². The summed E-state index contributed by atoms with van der Waals surface area (Å²) in [5, 5.41) is 19.1. The second-order valence-corrected chi connectivity index (χ2v) is 11.4. The lowest BCUT2D eigenvalue weighted by molar-refractivity contribution is 0.275.